The third-order valence-corrected chi connectivity index (χ3v) is 6.50. The summed E-state index contributed by atoms with van der Waals surface area (Å²) in [5.74, 6) is -0.739. The van der Waals surface area contributed by atoms with Gasteiger partial charge in [0.15, 0.2) is 0 Å². The smallest absolute Gasteiger partial charge is 0.407 e. The summed E-state index contributed by atoms with van der Waals surface area (Å²) in [4.78, 5) is 13.9. The lowest BCUT2D eigenvalue weighted by molar-refractivity contribution is -0.163. The lowest BCUT2D eigenvalue weighted by Gasteiger charge is -2.26. The molecule has 0 saturated heterocycles. The molecule has 2 aromatic rings. The number of nitrogens with one attached hydrogen (secondary N) is 1. The maximum Gasteiger partial charge on any atom is 0.407 e. The van der Waals surface area contributed by atoms with Crippen molar-refractivity contribution < 1.29 is 27.5 Å². The molecule has 2 N–H and O–H groups in total. The molecule has 2 unspecified atom stereocenters. The van der Waals surface area contributed by atoms with Crippen molar-refractivity contribution >= 4 is 23.0 Å². The van der Waals surface area contributed by atoms with Gasteiger partial charge in [0.1, 0.15) is 23.4 Å². The molecule has 5 nitrogen and oxygen atoms in total. The highest BCUT2D eigenvalue weighted by molar-refractivity contribution is 5.90. The zero-order chi connectivity index (χ0) is 25.9. The molecular weight excluding hydrogens is 457 g/mol. The number of carboxylic acids is 1. The number of carbonyl (C=O) groups is 1. The van der Waals surface area contributed by atoms with E-state index in [1.54, 1.807) is 19.9 Å². The predicted octanol–water partition coefficient (Wildman–Crippen LogP) is 6.49. The first-order valence-corrected chi connectivity index (χ1v) is 12.1. The summed E-state index contributed by atoms with van der Waals surface area (Å²) in [6, 6.07) is 0.992. The van der Waals surface area contributed by atoms with Crippen molar-refractivity contribution in [2.45, 2.75) is 65.2 Å². The Kier molecular flexibility index (Phi) is 8.49. The molecule has 0 fully saturated rings. The second-order valence-electron chi connectivity index (χ2n) is 9.75. The van der Waals surface area contributed by atoms with Crippen LogP contribution in [0.2, 0.25) is 0 Å². The van der Waals surface area contributed by atoms with Gasteiger partial charge in [0.05, 0.1) is 0 Å². The Balaban J connectivity index is 1.99. The topological polar surface area (TPSA) is 65.7 Å². The van der Waals surface area contributed by atoms with Crippen LogP contribution >= 0.6 is 0 Å². The number of hydrogen-bond acceptors (Lipinski definition) is 4. The lowest BCUT2D eigenvalue weighted by Crippen LogP contribution is -2.45. The molecule has 1 aliphatic heterocycles. The molecule has 8 heteroatoms. The first-order valence-electron chi connectivity index (χ1n) is 12.1. The van der Waals surface area contributed by atoms with E-state index in [9.17, 15) is 23.1 Å². The van der Waals surface area contributed by atoms with Crippen LogP contribution in [0.5, 0.6) is 0 Å². The van der Waals surface area contributed by atoms with Crippen LogP contribution in [0.4, 0.5) is 13.2 Å². The van der Waals surface area contributed by atoms with Gasteiger partial charge in [0.25, 0.3) is 0 Å². The number of aliphatic carboxylic acids is 1. The SMILES string of the molecule is CC/C(=C\c1c(C)oc2cc(C(NC(CC(C)C)C(=O)O)C(F)(F)F)ccc12)C1=CCN(C)CC1. The Hall–Kier alpha value is -2.58. The van der Waals surface area contributed by atoms with E-state index in [0.29, 0.717) is 11.3 Å². The van der Waals surface area contributed by atoms with Gasteiger partial charge >= 0.3 is 12.1 Å². The van der Waals surface area contributed by atoms with Crippen LogP contribution < -0.4 is 5.32 Å². The van der Waals surface area contributed by atoms with E-state index in [1.165, 1.54) is 23.3 Å². The molecule has 2 atom stereocenters. The van der Waals surface area contributed by atoms with Gasteiger partial charge in [-0.3, -0.25) is 10.1 Å². The number of alkyl halides is 3. The standard InChI is InChI=1S/C27H35F3N2O3/c1-6-18(19-9-11-32(5)12-10-19)14-22-17(4)35-24-15-20(7-8-21(22)24)25(27(28,29)30)31-23(26(33)34)13-16(2)3/h7-9,14-16,23,25,31H,6,10-13H2,1-5H3,(H,33,34)/b18-14+. The first kappa shape index (κ1) is 27.0. The average Bonchev–Trinajstić information content (AvgIpc) is 3.08. The van der Waals surface area contributed by atoms with Crippen LogP contribution in [0, 0.1) is 12.8 Å². The number of allylic oxidation sites excluding steroid dienone is 1. The van der Waals surface area contributed by atoms with Crippen LogP contribution in [0.3, 0.4) is 0 Å². The fraction of sp³-hybridized carbons (Fsp3) is 0.519. The molecule has 0 bridgehead atoms. The van der Waals surface area contributed by atoms with E-state index < -0.39 is 24.2 Å². The van der Waals surface area contributed by atoms with Gasteiger partial charge < -0.3 is 14.4 Å². The molecule has 0 amide bonds. The number of hydrogen-bond donors (Lipinski definition) is 2. The molecule has 192 valence electrons. The highest BCUT2D eigenvalue weighted by Gasteiger charge is 2.43. The second-order valence-corrected chi connectivity index (χ2v) is 9.75. The van der Waals surface area contributed by atoms with E-state index in [0.717, 1.165) is 36.9 Å². The zero-order valence-corrected chi connectivity index (χ0v) is 21.0. The number of benzene rings is 1. The minimum atomic E-state index is -4.67. The Morgan fingerprint density at radius 2 is 2.03 bits per heavy atom. The molecule has 3 rings (SSSR count). The maximum absolute atomic E-state index is 14.0. The normalized spacial score (nSPS) is 17.6. The summed E-state index contributed by atoms with van der Waals surface area (Å²) in [5, 5.41) is 12.5. The van der Waals surface area contributed by atoms with Crippen LogP contribution in [-0.4, -0.2) is 48.3 Å². The lowest BCUT2D eigenvalue weighted by atomic mass is 9.94. The highest BCUT2D eigenvalue weighted by atomic mass is 19.4. The van der Waals surface area contributed by atoms with Crippen molar-refractivity contribution in [1.82, 2.24) is 10.2 Å². The van der Waals surface area contributed by atoms with Gasteiger partial charge in [-0.1, -0.05) is 39.0 Å². The van der Waals surface area contributed by atoms with Gasteiger partial charge in [-0.25, -0.2) is 0 Å². The molecule has 0 saturated carbocycles. The number of fused-ring (bicyclic) bond motifs is 1. The first-order chi connectivity index (χ1) is 16.4. The van der Waals surface area contributed by atoms with Gasteiger partial charge in [-0.15, -0.1) is 0 Å². The van der Waals surface area contributed by atoms with Gasteiger partial charge in [0.2, 0.25) is 0 Å². The van der Waals surface area contributed by atoms with E-state index in [4.69, 9.17) is 4.42 Å². The third kappa shape index (κ3) is 6.55. The Morgan fingerprint density at radius 3 is 2.57 bits per heavy atom. The number of aryl methyl sites for hydroxylation is 1. The van der Waals surface area contributed by atoms with Gasteiger partial charge in [0, 0.05) is 24.0 Å². The zero-order valence-electron chi connectivity index (χ0n) is 21.0. The predicted molar refractivity (Wildman–Crippen MR) is 132 cm³/mol. The summed E-state index contributed by atoms with van der Waals surface area (Å²) in [6.07, 6.45) is 1.52. The van der Waals surface area contributed by atoms with Gasteiger partial charge in [-0.2, -0.15) is 13.2 Å². The molecule has 35 heavy (non-hydrogen) atoms. The van der Waals surface area contributed by atoms with Crippen LogP contribution in [0.15, 0.2) is 39.8 Å². The summed E-state index contributed by atoms with van der Waals surface area (Å²) >= 11 is 0. The molecular formula is C27H35F3N2O3. The van der Waals surface area contributed by atoms with E-state index in [1.807, 2.05) is 6.92 Å². The van der Waals surface area contributed by atoms with Crippen molar-refractivity contribution in [1.29, 1.82) is 0 Å². The molecule has 0 aliphatic carbocycles. The van der Waals surface area contributed by atoms with Gasteiger partial charge in [-0.05, 0) is 68.0 Å². The van der Waals surface area contributed by atoms with Crippen LogP contribution in [-0.2, 0) is 4.79 Å². The number of furan rings is 1. The molecule has 2 heterocycles. The molecule has 1 aromatic heterocycles. The van der Waals surface area contributed by atoms with E-state index in [2.05, 4.69) is 36.3 Å². The van der Waals surface area contributed by atoms with Crippen LogP contribution in [0.1, 0.15) is 63.0 Å². The number of rotatable bonds is 9. The molecule has 0 spiro atoms. The average molecular weight is 493 g/mol. The molecule has 1 aliphatic rings. The van der Waals surface area contributed by atoms with E-state index in [-0.39, 0.29) is 17.9 Å². The number of carboxylic acid groups (broad SMARTS) is 1. The maximum atomic E-state index is 14.0. The quantitative estimate of drug-likeness (QED) is 0.419. The Bertz CT molecular complexity index is 1110. The molecule has 0 radical (unpaired) electrons. The van der Waals surface area contributed by atoms with Crippen molar-refractivity contribution in [3.8, 4) is 0 Å². The van der Waals surface area contributed by atoms with Crippen molar-refractivity contribution in [3.05, 3.63) is 52.3 Å². The van der Waals surface area contributed by atoms with E-state index >= 15 is 0 Å². The number of halogens is 3. The monoisotopic (exact) mass is 492 g/mol. The summed E-state index contributed by atoms with van der Waals surface area (Å²) in [5.41, 5.74) is 3.63. The minimum Gasteiger partial charge on any atom is -0.480 e. The van der Waals surface area contributed by atoms with Crippen LogP contribution in [0.25, 0.3) is 17.0 Å². The minimum absolute atomic E-state index is 0.0713. The summed E-state index contributed by atoms with van der Waals surface area (Å²) in [7, 11) is 2.08. The third-order valence-electron chi connectivity index (χ3n) is 6.50. The van der Waals surface area contributed by atoms with Crippen molar-refractivity contribution in [2.75, 3.05) is 20.1 Å². The highest BCUT2D eigenvalue weighted by Crippen LogP contribution is 2.37. The summed E-state index contributed by atoms with van der Waals surface area (Å²) in [6.45, 7) is 9.33. The second kappa shape index (κ2) is 11.0. The van der Waals surface area contributed by atoms with Crippen molar-refractivity contribution in [2.24, 2.45) is 5.92 Å². The largest absolute Gasteiger partial charge is 0.480 e. The Labute approximate surface area is 204 Å². The van der Waals surface area contributed by atoms with Crippen molar-refractivity contribution in [3.63, 3.8) is 0 Å². The number of nitrogens with zero attached hydrogens (tertiary/aromatic N) is 1. The summed E-state index contributed by atoms with van der Waals surface area (Å²) < 4.78 is 47.9. The Morgan fingerprint density at radius 1 is 1.31 bits per heavy atom. The molecule has 1 aromatic carbocycles. The fourth-order valence-corrected chi connectivity index (χ4v) is 4.57. The fourth-order valence-electron chi connectivity index (χ4n) is 4.57. The number of likely N-dealkylation sites (N-methyl/N-ethyl adjacent to an activating group) is 1.